The van der Waals surface area contributed by atoms with Crippen LogP contribution in [-0.4, -0.2) is 30.0 Å². The van der Waals surface area contributed by atoms with E-state index in [4.69, 9.17) is 9.47 Å². The van der Waals surface area contributed by atoms with E-state index < -0.39 is 4.92 Å². The number of nitrogens with zero attached hydrogens (tertiary/aromatic N) is 2. The second-order valence-electron chi connectivity index (χ2n) is 4.95. The van der Waals surface area contributed by atoms with Gasteiger partial charge in [0.1, 0.15) is 0 Å². The number of non-ortho nitro benzene ring substituents is 1. The van der Waals surface area contributed by atoms with E-state index in [9.17, 15) is 14.9 Å². The maximum Gasteiger partial charge on any atom is 0.270 e. The second-order valence-corrected chi connectivity index (χ2v) is 5.98. The molecule has 128 valence electrons. The first-order valence-corrected chi connectivity index (χ1v) is 7.92. The van der Waals surface area contributed by atoms with E-state index in [0.29, 0.717) is 32.4 Å². The number of aromatic nitrogens is 1. The molecule has 0 saturated heterocycles. The van der Waals surface area contributed by atoms with Crippen LogP contribution in [0.4, 0.5) is 10.8 Å². The molecular weight excluding hydrogens is 346 g/mol. The third-order valence-corrected chi connectivity index (χ3v) is 4.38. The summed E-state index contributed by atoms with van der Waals surface area (Å²) < 4.78 is 10.9. The van der Waals surface area contributed by atoms with Gasteiger partial charge in [-0.3, -0.25) is 20.2 Å². The molecule has 1 amide bonds. The number of anilines is 1. The molecule has 8 nitrogen and oxygen atoms in total. The molecule has 9 heteroatoms. The van der Waals surface area contributed by atoms with Crippen LogP contribution in [0.1, 0.15) is 10.4 Å². The highest BCUT2D eigenvalue weighted by molar-refractivity contribution is 7.22. The molecule has 0 unspecified atom stereocenters. The number of nitrogens with one attached hydrogen (secondary N) is 1. The van der Waals surface area contributed by atoms with Gasteiger partial charge in [0.05, 0.1) is 29.4 Å². The van der Waals surface area contributed by atoms with Gasteiger partial charge in [0, 0.05) is 17.7 Å². The summed E-state index contributed by atoms with van der Waals surface area (Å²) in [6.07, 6.45) is 0. The number of fused-ring (bicyclic) bond motifs is 1. The SMILES string of the molecule is COc1ccc(C(=O)Nc2nc3ccc([N+](=O)[O-])cc3s2)cc1OC. The summed E-state index contributed by atoms with van der Waals surface area (Å²) >= 11 is 1.17. The molecule has 2 aromatic carbocycles. The van der Waals surface area contributed by atoms with Gasteiger partial charge in [-0.2, -0.15) is 0 Å². The lowest BCUT2D eigenvalue weighted by atomic mass is 10.2. The predicted octanol–water partition coefficient (Wildman–Crippen LogP) is 3.47. The molecule has 0 spiro atoms. The Morgan fingerprint density at radius 1 is 1.16 bits per heavy atom. The average molecular weight is 359 g/mol. The van der Waals surface area contributed by atoms with Gasteiger partial charge in [0.2, 0.25) is 0 Å². The number of nitro benzene ring substituents is 1. The van der Waals surface area contributed by atoms with Gasteiger partial charge in [-0.25, -0.2) is 4.98 Å². The highest BCUT2D eigenvalue weighted by Crippen LogP contribution is 2.31. The number of carbonyl (C=O) groups excluding carboxylic acids is 1. The molecular formula is C16H13N3O5S. The molecule has 0 saturated carbocycles. The van der Waals surface area contributed by atoms with E-state index in [0.717, 1.165) is 0 Å². The summed E-state index contributed by atoms with van der Waals surface area (Å²) in [6, 6.07) is 9.16. The zero-order valence-electron chi connectivity index (χ0n) is 13.3. The van der Waals surface area contributed by atoms with Crippen LogP contribution in [0, 0.1) is 10.1 Å². The number of nitro groups is 1. The van der Waals surface area contributed by atoms with E-state index in [-0.39, 0.29) is 11.6 Å². The predicted molar refractivity (Wildman–Crippen MR) is 93.8 cm³/mol. The number of methoxy groups -OCH3 is 2. The van der Waals surface area contributed by atoms with E-state index >= 15 is 0 Å². The van der Waals surface area contributed by atoms with Crippen LogP contribution in [0.2, 0.25) is 0 Å². The van der Waals surface area contributed by atoms with Crippen molar-refractivity contribution in [1.82, 2.24) is 4.98 Å². The minimum atomic E-state index is -0.471. The molecule has 3 rings (SSSR count). The molecule has 0 aliphatic rings. The summed E-state index contributed by atoms with van der Waals surface area (Å²) in [5.41, 5.74) is 0.940. The lowest BCUT2D eigenvalue weighted by molar-refractivity contribution is -0.384. The number of rotatable bonds is 5. The maximum atomic E-state index is 12.4. The van der Waals surface area contributed by atoms with Gasteiger partial charge < -0.3 is 9.47 Å². The largest absolute Gasteiger partial charge is 0.493 e. The molecule has 0 fully saturated rings. The average Bonchev–Trinajstić information content (AvgIpc) is 3.02. The van der Waals surface area contributed by atoms with E-state index in [2.05, 4.69) is 10.3 Å². The Labute approximate surface area is 146 Å². The van der Waals surface area contributed by atoms with Gasteiger partial charge >= 0.3 is 0 Å². The number of hydrogen-bond acceptors (Lipinski definition) is 7. The molecule has 1 heterocycles. The second kappa shape index (κ2) is 6.73. The molecule has 3 aromatic rings. The Hall–Kier alpha value is -3.20. The Morgan fingerprint density at radius 2 is 1.92 bits per heavy atom. The van der Waals surface area contributed by atoms with Crippen molar-refractivity contribution in [2.45, 2.75) is 0 Å². The van der Waals surface area contributed by atoms with Crippen LogP contribution in [0.3, 0.4) is 0 Å². The van der Waals surface area contributed by atoms with Crippen LogP contribution < -0.4 is 14.8 Å². The molecule has 0 radical (unpaired) electrons. The minimum absolute atomic E-state index is 0.0195. The van der Waals surface area contributed by atoms with Gasteiger partial charge in [-0.05, 0) is 24.3 Å². The smallest absolute Gasteiger partial charge is 0.270 e. The van der Waals surface area contributed by atoms with Gasteiger partial charge in [-0.1, -0.05) is 11.3 Å². The third-order valence-electron chi connectivity index (χ3n) is 3.45. The Balaban J connectivity index is 1.85. The summed E-state index contributed by atoms with van der Waals surface area (Å²) in [6.45, 7) is 0. The maximum absolute atomic E-state index is 12.4. The fourth-order valence-corrected chi connectivity index (χ4v) is 3.12. The summed E-state index contributed by atoms with van der Waals surface area (Å²) in [4.78, 5) is 27.0. The standard InChI is InChI=1S/C16H13N3O5S/c1-23-12-6-3-9(7-13(12)24-2)15(20)18-16-17-11-5-4-10(19(21)22)8-14(11)25-16/h3-8H,1-2H3,(H,17,18,20). The van der Waals surface area contributed by atoms with Crippen LogP contribution >= 0.6 is 11.3 Å². The van der Waals surface area contributed by atoms with E-state index in [1.54, 1.807) is 24.3 Å². The Bertz CT molecular complexity index is 970. The Kier molecular flexibility index (Phi) is 4.48. The van der Waals surface area contributed by atoms with Crippen molar-refractivity contribution in [3.05, 3.63) is 52.1 Å². The molecule has 0 aliphatic heterocycles. The van der Waals surface area contributed by atoms with Crippen LogP contribution in [0.25, 0.3) is 10.2 Å². The van der Waals surface area contributed by atoms with Crippen molar-refractivity contribution in [2.24, 2.45) is 0 Å². The van der Waals surface area contributed by atoms with Crippen LogP contribution in [0.15, 0.2) is 36.4 Å². The minimum Gasteiger partial charge on any atom is -0.493 e. The molecule has 25 heavy (non-hydrogen) atoms. The van der Waals surface area contributed by atoms with E-state index in [1.165, 1.54) is 37.7 Å². The number of hydrogen-bond donors (Lipinski definition) is 1. The molecule has 1 N–H and O–H groups in total. The van der Waals surface area contributed by atoms with Gasteiger partial charge in [0.25, 0.3) is 11.6 Å². The lowest BCUT2D eigenvalue weighted by Crippen LogP contribution is -2.11. The molecule has 1 aromatic heterocycles. The fraction of sp³-hybridized carbons (Fsp3) is 0.125. The normalized spacial score (nSPS) is 10.5. The van der Waals surface area contributed by atoms with Crippen molar-refractivity contribution in [3.63, 3.8) is 0 Å². The van der Waals surface area contributed by atoms with Gasteiger partial charge in [0.15, 0.2) is 16.6 Å². The molecule has 0 atom stereocenters. The zero-order valence-corrected chi connectivity index (χ0v) is 14.1. The van der Waals surface area contributed by atoms with Crippen molar-refractivity contribution < 1.29 is 19.2 Å². The summed E-state index contributed by atoms with van der Waals surface area (Å²) in [5.74, 6) is 0.593. The first kappa shape index (κ1) is 16.7. The number of thiazole rings is 1. The Morgan fingerprint density at radius 3 is 2.60 bits per heavy atom. The summed E-state index contributed by atoms with van der Waals surface area (Å²) in [7, 11) is 3.00. The quantitative estimate of drug-likeness (QED) is 0.552. The monoisotopic (exact) mass is 359 g/mol. The number of ether oxygens (including phenoxy) is 2. The van der Waals surface area contributed by atoms with Crippen LogP contribution in [0.5, 0.6) is 11.5 Å². The third kappa shape index (κ3) is 3.36. The topological polar surface area (TPSA) is 104 Å². The van der Waals surface area contributed by atoms with Crippen molar-refractivity contribution in [2.75, 3.05) is 19.5 Å². The van der Waals surface area contributed by atoms with E-state index in [1.807, 2.05) is 0 Å². The lowest BCUT2D eigenvalue weighted by Gasteiger charge is -2.09. The molecule has 0 bridgehead atoms. The summed E-state index contributed by atoms with van der Waals surface area (Å²) in [5, 5.41) is 13.9. The zero-order chi connectivity index (χ0) is 18.0. The number of amides is 1. The highest BCUT2D eigenvalue weighted by atomic mass is 32.1. The van der Waals surface area contributed by atoms with Crippen molar-refractivity contribution in [3.8, 4) is 11.5 Å². The van der Waals surface area contributed by atoms with Gasteiger partial charge in [-0.15, -0.1) is 0 Å². The fourth-order valence-electron chi connectivity index (χ4n) is 2.23. The van der Waals surface area contributed by atoms with Crippen molar-refractivity contribution in [1.29, 1.82) is 0 Å². The first-order chi connectivity index (χ1) is 12.0. The molecule has 0 aliphatic carbocycles. The number of carbonyl (C=O) groups is 1. The number of benzene rings is 2. The van der Waals surface area contributed by atoms with Crippen molar-refractivity contribution >= 4 is 38.3 Å². The van der Waals surface area contributed by atoms with Crippen LogP contribution in [-0.2, 0) is 0 Å². The highest BCUT2D eigenvalue weighted by Gasteiger charge is 2.14. The first-order valence-electron chi connectivity index (χ1n) is 7.10.